The van der Waals surface area contributed by atoms with E-state index in [-0.39, 0.29) is 0 Å². The Morgan fingerprint density at radius 2 is 1.82 bits per heavy atom. The maximum Gasteiger partial charge on any atom is 0.0845 e. The van der Waals surface area contributed by atoms with Crippen LogP contribution in [-0.2, 0) is 6.42 Å². The second-order valence-corrected chi connectivity index (χ2v) is 4.50. The largest absolute Gasteiger partial charge is 0.388 e. The van der Waals surface area contributed by atoms with E-state index in [9.17, 15) is 5.11 Å². The zero-order valence-electron chi connectivity index (χ0n) is 8.98. The summed E-state index contributed by atoms with van der Waals surface area (Å²) < 4.78 is 0. The molecular weight excluding hydrogens is 257 g/mol. The first-order valence-corrected chi connectivity index (χ1v) is 5.95. The van der Waals surface area contributed by atoms with Gasteiger partial charge in [0.05, 0.1) is 16.1 Å². The van der Waals surface area contributed by atoms with Crippen LogP contribution in [0.15, 0.2) is 42.7 Å². The van der Waals surface area contributed by atoms with Crippen molar-refractivity contribution in [1.82, 2.24) is 4.98 Å². The average Bonchev–Trinajstić information content (AvgIpc) is 2.34. The van der Waals surface area contributed by atoms with Gasteiger partial charge in [-0.3, -0.25) is 4.98 Å². The lowest BCUT2D eigenvalue weighted by molar-refractivity contribution is 0.178. The Morgan fingerprint density at radius 3 is 2.53 bits per heavy atom. The Kier molecular flexibility index (Phi) is 4.00. The first-order chi connectivity index (χ1) is 8.18. The van der Waals surface area contributed by atoms with Gasteiger partial charge in [-0.15, -0.1) is 0 Å². The second-order valence-electron chi connectivity index (χ2n) is 3.72. The minimum atomic E-state index is -0.663. The molecule has 0 saturated carbocycles. The molecule has 0 aliphatic rings. The third-order valence-corrected chi connectivity index (χ3v) is 3.35. The number of hydrogen-bond donors (Lipinski definition) is 1. The minimum Gasteiger partial charge on any atom is -0.388 e. The molecule has 1 heterocycles. The summed E-state index contributed by atoms with van der Waals surface area (Å²) in [6.07, 6.45) is 3.22. The van der Waals surface area contributed by atoms with Gasteiger partial charge in [0.25, 0.3) is 0 Å². The van der Waals surface area contributed by atoms with E-state index in [1.54, 1.807) is 30.6 Å². The maximum atomic E-state index is 10.1. The molecule has 1 aromatic carbocycles. The highest BCUT2D eigenvalue weighted by Crippen LogP contribution is 2.31. The predicted molar refractivity (Wildman–Crippen MR) is 69.4 cm³/mol. The number of hydrogen-bond acceptors (Lipinski definition) is 2. The van der Waals surface area contributed by atoms with Crippen molar-refractivity contribution in [2.24, 2.45) is 0 Å². The molecule has 88 valence electrons. The quantitative estimate of drug-likeness (QED) is 0.921. The molecule has 0 saturated heterocycles. The standard InChI is InChI=1S/C13H11Cl2NO/c14-11-3-1-2-10(13(11)15)12(17)8-9-4-6-16-7-5-9/h1-7,12,17H,8H2/t12-/m1/s1. The number of nitrogens with zero attached hydrogens (tertiary/aromatic N) is 1. The third-order valence-electron chi connectivity index (χ3n) is 2.52. The van der Waals surface area contributed by atoms with Crippen LogP contribution in [0.2, 0.25) is 10.0 Å². The van der Waals surface area contributed by atoms with Crippen molar-refractivity contribution in [2.45, 2.75) is 12.5 Å². The van der Waals surface area contributed by atoms with Crippen LogP contribution in [0, 0.1) is 0 Å². The number of halogens is 2. The van der Waals surface area contributed by atoms with Crippen molar-refractivity contribution < 1.29 is 5.11 Å². The minimum absolute atomic E-state index is 0.413. The topological polar surface area (TPSA) is 33.1 Å². The van der Waals surface area contributed by atoms with Crippen LogP contribution >= 0.6 is 23.2 Å². The molecule has 0 spiro atoms. The summed E-state index contributed by atoms with van der Waals surface area (Å²) in [5.41, 5.74) is 1.65. The van der Waals surface area contributed by atoms with E-state index in [4.69, 9.17) is 23.2 Å². The lowest BCUT2D eigenvalue weighted by Gasteiger charge is -2.13. The van der Waals surface area contributed by atoms with Crippen LogP contribution in [0.1, 0.15) is 17.2 Å². The van der Waals surface area contributed by atoms with Crippen molar-refractivity contribution in [3.05, 3.63) is 63.9 Å². The van der Waals surface area contributed by atoms with Crippen molar-refractivity contribution in [1.29, 1.82) is 0 Å². The third kappa shape index (κ3) is 2.97. The lowest BCUT2D eigenvalue weighted by Crippen LogP contribution is -2.02. The van der Waals surface area contributed by atoms with Crippen LogP contribution in [0.3, 0.4) is 0 Å². The Bertz CT molecular complexity index is 502. The number of aliphatic hydroxyl groups is 1. The molecule has 2 nitrogen and oxygen atoms in total. The molecule has 1 aromatic heterocycles. The van der Waals surface area contributed by atoms with E-state index in [1.807, 2.05) is 12.1 Å². The monoisotopic (exact) mass is 267 g/mol. The molecule has 0 unspecified atom stereocenters. The molecule has 2 rings (SSSR count). The number of aliphatic hydroxyl groups excluding tert-OH is 1. The molecule has 0 aliphatic heterocycles. The zero-order chi connectivity index (χ0) is 12.3. The number of rotatable bonds is 3. The zero-order valence-corrected chi connectivity index (χ0v) is 10.5. The molecule has 1 atom stereocenters. The number of aromatic nitrogens is 1. The van der Waals surface area contributed by atoms with E-state index in [0.29, 0.717) is 22.0 Å². The van der Waals surface area contributed by atoms with E-state index < -0.39 is 6.10 Å². The highest BCUT2D eigenvalue weighted by molar-refractivity contribution is 6.42. The van der Waals surface area contributed by atoms with Crippen molar-refractivity contribution in [3.8, 4) is 0 Å². The summed E-state index contributed by atoms with van der Waals surface area (Å²) >= 11 is 12.0. The summed E-state index contributed by atoms with van der Waals surface area (Å²) in [6, 6.07) is 8.98. The number of benzene rings is 1. The first kappa shape index (κ1) is 12.4. The lowest BCUT2D eigenvalue weighted by atomic mass is 10.0. The molecule has 4 heteroatoms. The van der Waals surface area contributed by atoms with Gasteiger partial charge in [-0.2, -0.15) is 0 Å². The molecule has 0 aliphatic carbocycles. The SMILES string of the molecule is O[C@H](Cc1ccncc1)c1cccc(Cl)c1Cl. The summed E-state index contributed by atoms with van der Waals surface area (Å²) in [7, 11) is 0. The Labute approximate surface area is 110 Å². The summed E-state index contributed by atoms with van der Waals surface area (Å²) in [6.45, 7) is 0. The highest BCUT2D eigenvalue weighted by Gasteiger charge is 2.13. The Morgan fingerprint density at radius 1 is 1.12 bits per heavy atom. The van der Waals surface area contributed by atoms with Gasteiger partial charge >= 0.3 is 0 Å². The molecule has 0 amide bonds. The normalized spacial score (nSPS) is 12.4. The van der Waals surface area contributed by atoms with E-state index in [1.165, 1.54) is 0 Å². The predicted octanol–water partition coefficient (Wildman–Crippen LogP) is 3.66. The summed E-state index contributed by atoms with van der Waals surface area (Å²) in [5, 5.41) is 11.0. The molecule has 0 radical (unpaired) electrons. The maximum absolute atomic E-state index is 10.1. The van der Waals surface area contributed by atoms with Gasteiger partial charge in [-0.1, -0.05) is 35.3 Å². The van der Waals surface area contributed by atoms with Crippen LogP contribution in [0.5, 0.6) is 0 Å². The molecule has 1 N–H and O–H groups in total. The van der Waals surface area contributed by atoms with Crippen LogP contribution in [0.4, 0.5) is 0 Å². The van der Waals surface area contributed by atoms with Crippen molar-refractivity contribution in [3.63, 3.8) is 0 Å². The van der Waals surface area contributed by atoms with E-state index in [2.05, 4.69) is 4.98 Å². The van der Waals surface area contributed by atoms with Gasteiger partial charge in [-0.25, -0.2) is 0 Å². The Balaban J connectivity index is 2.20. The summed E-state index contributed by atoms with van der Waals surface area (Å²) in [5.74, 6) is 0. The van der Waals surface area contributed by atoms with Gasteiger partial charge < -0.3 is 5.11 Å². The van der Waals surface area contributed by atoms with Crippen LogP contribution in [0.25, 0.3) is 0 Å². The van der Waals surface area contributed by atoms with Gasteiger partial charge in [0.1, 0.15) is 0 Å². The smallest absolute Gasteiger partial charge is 0.0845 e. The molecule has 0 bridgehead atoms. The fourth-order valence-electron chi connectivity index (χ4n) is 1.63. The first-order valence-electron chi connectivity index (χ1n) is 5.19. The second kappa shape index (κ2) is 5.50. The van der Waals surface area contributed by atoms with Crippen molar-refractivity contribution in [2.75, 3.05) is 0 Å². The van der Waals surface area contributed by atoms with E-state index >= 15 is 0 Å². The van der Waals surface area contributed by atoms with E-state index in [0.717, 1.165) is 5.56 Å². The fourth-order valence-corrected chi connectivity index (χ4v) is 2.06. The number of pyridine rings is 1. The van der Waals surface area contributed by atoms with Crippen molar-refractivity contribution >= 4 is 23.2 Å². The van der Waals surface area contributed by atoms with Gasteiger partial charge in [0.15, 0.2) is 0 Å². The average molecular weight is 268 g/mol. The summed E-state index contributed by atoms with van der Waals surface area (Å²) in [4.78, 5) is 3.93. The van der Waals surface area contributed by atoms with Gasteiger partial charge in [0.2, 0.25) is 0 Å². The van der Waals surface area contributed by atoms with Crippen LogP contribution < -0.4 is 0 Å². The Hall–Kier alpha value is -1.09. The molecular formula is C13H11Cl2NO. The molecule has 2 aromatic rings. The van der Waals surface area contributed by atoms with Gasteiger partial charge in [0, 0.05) is 24.4 Å². The fraction of sp³-hybridized carbons (Fsp3) is 0.154. The molecule has 0 fully saturated rings. The van der Waals surface area contributed by atoms with Gasteiger partial charge in [-0.05, 0) is 23.8 Å². The highest BCUT2D eigenvalue weighted by atomic mass is 35.5. The van der Waals surface area contributed by atoms with Crippen LogP contribution in [-0.4, -0.2) is 10.1 Å². The molecule has 17 heavy (non-hydrogen) atoms.